The van der Waals surface area contributed by atoms with Gasteiger partial charge in [0, 0.05) is 35.7 Å². The van der Waals surface area contributed by atoms with Gasteiger partial charge in [-0.3, -0.25) is 4.98 Å². The van der Waals surface area contributed by atoms with Crippen LogP contribution in [-0.2, 0) is 10.1 Å². The first-order chi connectivity index (χ1) is 13.1. The van der Waals surface area contributed by atoms with E-state index in [4.69, 9.17) is 8.92 Å². The van der Waals surface area contributed by atoms with Crippen LogP contribution in [0.15, 0.2) is 59.6 Å². The minimum absolute atomic E-state index is 0.0555. The Hall–Kier alpha value is -2.64. The lowest BCUT2D eigenvalue weighted by Gasteiger charge is -2.24. The van der Waals surface area contributed by atoms with Gasteiger partial charge in [0.25, 0.3) is 0 Å². The number of hydrogen-bond acceptors (Lipinski definition) is 6. The summed E-state index contributed by atoms with van der Waals surface area (Å²) in [5, 5.41) is 4.07. The second-order valence-electron chi connectivity index (χ2n) is 6.82. The van der Waals surface area contributed by atoms with Crippen molar-refractivity contribution in [2.45, 2.75) is 23.3 Å². The number of piperidine rings is 1. The Morgan fingerprint density at radius 1 is 1.15 bits per heavy atom. The summed E-state index contributed by atoms with van der Waals surface area (Å²) in [5.41, 5.74) is 1.52. The molecule has 27 heavy (non-hydrogen) atoms. The van der Waals surface area contributed by atoms with Gasteiger partial charge in [0.1, 0.15) is 22.5 Å². The van der Waals surface area contributed by atoms with Gasteiger partial charge in [-0.2, -0.15) is 8.42 Å². The number of pyridine rings is 1. The molecule has 5 rings (SSSR count). The Labute approximate surface area is 157 Å². The molecular weight excluding hydrogens is 364 g/mol. The van der Waals surface area contributed by atoms with Crippen molar-refractivity contribution in [3.63, 3.8) is 0 Å². The maximum absolute atomic E-state index is 12.9. The summed E-state index contributed by atoms with van der Waals surface area (Å²) in [6.45, 7) is 1.76. The molecule has 1 saturated heterocycles. The summed E-state index contributed by atoms with van der Waals surface area (Å²) in [6, 6.07) is 13.9. The van der Waals surface area contributed by atoms with Gasteiger partial charge in [0.2, 0.25) is 0 Å². The molecule has 1 aromatic heterocycles. The molecule has 1 fully saturated rings. The summed E-state index contributed by atoms with van der Waals surface area (Å²) in [7, 11) is -4.01. The number of hydrogen-bond donors (Lipinski definition) is 1. The molecule has 0 spiro atoms. The molecule has 0 radical (unpaired) electrons. The Balaban J connectivity index is 1.48. The quantitative estimate of drug-likeness (QED) is 0.702. The van der Waals surface area contributed by atoms with Gasteiger partial charge in [0.15, 0.2) is 0 Å². The first kappa shape index (κ1) is 16.5. The van der Waals surface area contributed by atoms with Crippen molar-refractivity contribution in [2.75, 3.05) is 13.1 Å². The van der Waals surface area contributed by atoms with Crippen molar-refractivity contribution in [1.29, 1.82) is 0 Å². The Morgan fingerprint density at radius 3 is 2.96 bits per heavy atom. The first-order valence-electron chi connectivity index (χ1n) is 8.91. The largest absolute Gasteiger partial charge is 0.488 e. The van der Waals surface area contributed by atoms with E-state index in [9.17, 15) is 8.42 Å². The number of nitrogens with zero attached hydrogens (tertiary/aromatic N) is 1. The highest BCUT2D eigenvalue weighted by atomic mass is 32.2. The molecule has 1 N–H and O–H groups in total. The molecule has 0 saturated carbocycles. The fourth-order valence-electron chi connectivity index (χ4n) is 3.90. The minimum Gasteiger partial charge on any atom is -0.488 e. The topological polar surface area (TPSA) is 77.5 Å². The zero-order valence-corrected chi connectivity index (χ0v) is 15.3. The molecule has 0 aliphatic carbocycles. The average molecular weight is 382 g/mol. The standard InChI is InChI=1S/C20H18N2O4S/c23-27(24,19-5-1-3-13-4-2-9-22-20(13)19)26-14-6-7-15-16-8-10-21-12-18(16)25-17(15)11-14/h1-7,9,11,16,18,21H,8,10,12H2. The summed E-state index contributed by atoms with van der Waals surface area (Å²) < 4.78 is 37.1. The zero-order chi connectivity index (χ0) is 18.4. The van der Waals surface area contributed by atoms with E-state index in [1.54, 1.807) is 30.5 Å². The lowest BCUT2D eigenvalue weighted by molar-refractivity contribution is 0.176. The van der Waals surface area contributed by atoms with Gasteiger partial charge in [-0.1, -0.05) is 24.3 Å². The zero-order valence-electron chi connectivity index (χ0n) is 14.5. The summed E-state index contributed by atoms with van der Waals surface area (Å²) >= 11 is 0. The molecule has 2 aromatic carbocycles. The van der Waals surface area contributed by atoms with E-state index >= 15 is 0 Å². The van der Waals surface area contributed by atoms with Crippen LogP contribution < -0.4 is 14.2 Å². The van der Waals surface area contributed by atoms with Crippen molar-refractivity contribution in [2.24, 2.45) is 0 Å². The second-order valence-corrected chi connectivity index (χ2v) is 8.34. The van der Waals surface area contributed by atoms with Gasteiger partial charge < -0.3 is 14.2 Å². The highest BCUT2D eigenvalue weighted by molar-refractivity contribution is 7.87. The third-order valence-electron chi connectivity index (χ3n) is 5.16. The van der Waals surface area contributed by atoms with Crippen molar-refractivity contribution < 1.29 is 17.3 Å². The second kappa shape index (κ2) is 6.21. The Morgan fingerprint density at radius 2 is 2.04 bits per heavy atom. The van der Waals surface area contributed by atoms with Gasteiger partial charge in [-0.25, -0.2) is 0 Å². The molecule has 0 bridgehead atoms. The first-order valence-corrected chi connectivity index (χ1v) is 10.3. The average Bonchev–Trinajstić information content (AvgIpc) is 3.05. The van der Waals surface area contributed by atoms with Crippen LogP contribution in [0.2, 0.25) is 0 Å². The van der Waals surface area contributed by atoms with E-state index in [2.05, 4.69) is 10.3 Å². The maximum Gasteiger partial charge on any atom is 0.341 e. The minimum atomic E-state index is -4.01. The number of benzene rings is 2. The van der Waals surface area contributed by atoms with Crippen LogP contribution in [0.1, 0.15) is 17.9 Å². The third kappa shape index (κ3) is 2.83. The van der Waals surface area contributed by atoms with E-state index < -0.39 is 10.1 Å². The Kier molecular flexibility index (Phi) is 3.80. The smallest absolute Gasteiger partial charge is 0.341 e. The van der Waals surface area contributed by atoms with Crippen LogP contribution in [0.25, 0.3) is 10.9 Å². The van der Waals surface area contributed by atoms with Crippen LogP contribution in [0, 0.1) is 0 Å². The maximum atomic E-state index is 12.9. The van der Waals surface area contributed by atoms with Crippen molar-refractivity contribution in [3.05, 3.63) is 60.3 Å². The SMILES string of the molecule is O=S(=O)(Oc1ccc2c(c1)OC1CNCCC21)c1cccc2cccnc12. The number of nitrogens with one attached hydrogen (secondary N) is 1. The van der Waals surface area contributed by atoms with Gasteiger partial charge in [-0.15, -0.1) is 0 Å². The molecule has 2 aliphatic heterocycles. The fourth-order valence-corrected chi connectivity index (χ4v) is 5.00. The van der Waals surface area contributed by atoms with Gasteiger partial charge >= 0.3 is 10.1 Å². The third-order valence-corrected chi connectivity index (χ3v) is 6.44. The van der Waals surface area contributed by atoms with Gasteiger partial charge in [-0.05, 0) is 31.2 Å². The molecule has 3 aromatic rings. The highest BCUT2D eigenvalue weighted by Gasteiger charge is 2.36. The molecule has 2 atom stereocenters. The highest BCUT2D eigenvalue weighted by Crippen LogP contribution is 2.43. The number of rotatable bonds is 3. The lowest BCUT2D eigenvalue weighted by atomic mass is 9.90. The summed E-state index contributed by atoms with van der Waals surface area (Å²) in [4.78, 5) is 4.26. The summed E-state index contributed by atoms with van der Waals surface area (Å²) in [6.07, 6.45) is 2.68. The van der Waals surface area contributed by atoms with Crippen LogP contribution in [0.5, 0.6) is 11.5 Å². The van der Waals surface area contributed by atoms with Crippen molar-refractivity contribution in [1.82, 2.24) is 10.3 Å². The molecule has 138 valence electrons. The lowest BCUT2D eigenvalue weighted by Crippen LogP contribution is -2.39. The van der Waals surface area contributed by atoms with Gasteiger partial charge in [0.05, 0.1) is 5.52 Å². The molecule has 6 nitrogen and oxygen atoms in total. The van der Waals surface area contributed by atoms with Crippen LogP contribution in [-0.4, -0.2) is 32.6 Å². The number of ether oxygens (including phenoxy) is 1. The van der Waals surface area contributed by atoms with E-state index in [-0.39, 0.29) is 16.7 Å². The Bertz CT molecular complexity index is 1120. The molecular formula is C20H18N2O4S. The van der Waals surface area contributed by atoms with E-state index in [0.717, 1.165) is 30.5 Å². The molecule has 2 aliphatic rings. The number of aromatic nitrogens is 1. The van der Waals surface area contributed by atoms with Crippen molar-refractivity contribution in [3.8, 4) is 11.5 Å². The van der Waals surface area contributed by atoms with E-state index in [1.165, 1.54) is 6.07 Å². The van der Waals surface area contributed by atoms with Crippen LogP contribution in [0.3, 0.4) is 0 Å². The number of fused-ring (bicyclic) bond motifs is 4. The molecule has 2 unspecified atom stereocenters. The predicted octanol–water partition coefficient (Wildman–Crippen LogP) is 2.84. The van der Waals surface area contributed by atoms with E-state index in [0.29, 0.717) is 17.2 Å². The monoisotopic (exact) mass is 382 g/mol. The van der Waals surface area contributed by atoms with Crippen LogP contribution in [0.4, 0.5) is 0 Å². The molecule has 7 heteroatoms. The molecule has 0 amide bonds. The van der Waals surface area contributed by atoms with E-state index in [1.807, 2.05) is 18.2 Å². The van der Waals surface area contributed by atoms with Crippen LogP contribution >= 0.6 is 0 Å². The predicted molar refractivity (Wildman–Crippen MR) is 101 cm³/mol. The van der Waals surface area contributed by atoms with Crippen molar-refractivity contribution >= 4 is 21.0 Å². The normalized spacial score (nSPS) is 21.3. The fraction of sp³-hybridized carbons (Fsp3) is 0.250. The summed E-state index contributed by atoms with van der Waals surface area (Å²) in [5.74, 6) is 1.31. The molecule has 3 heterocycles. The number of para-hydroxylation sites is 1.